The van der Waals surface area contributed by atoms with Crippen LogP contribution in [0.25, 0.3) is 0 Å². The van der Waals surface area contributed by atoms with E-state index in [9.17, 15) is 25.2 Å². The van der Waals surface area contributed by atoms with E-state index in [1.54, 1.807) is 0 Å². The lowest BCUT2D eigenvalue weighted by atomic mass is 10.0. The standard InChI is InChI=1S/C17H36N2O6/c1-3-5-9-19(10-6-4-2)11-7-8-18-17(25)16(24)15(23)14(22)13(21)12-20/h13-16,20-24H,3-12H2,1-2H3,(H,18,25)/t13-,14-,15+,16-/m1/s1. The van der Waals surface area contributed by atoms with E-state index < -0.39 is 36.9 Å². The van der Waals surface area contributed by atoms with Gasteiger partial charge in [0.15, 0.2) is 6.10 Å². The van der Waals surface area contributed by atoms with Crippen molar-refractivity contribution in [3.05, 3.63) is 0 Å². The van der Waals surface area contributed by atoms with Crippen LogP contribution in [0.15, 0.2) is 0 Å². The number of nitrogens with zero attached hydrogens (tertiary/aromatic N) is 1. The van der Waals surface area contributed by atoms with Crippen LogP contribution in [0, 0.1) is 0 Å². The maximum absolute atomic E-state index is 11.8. The van der Waals surface area contributed by atoms with Gasteiger partial charge in [-0.15, -0.1) is 0 Å². The van der Waals surface area contributed by atoms with Crippen molar-refractivity contribution >= 4 is 5.91 Å². The first-order valence-corrected chi connectivity index (χ1v) is 9.22. The first kappa shape index (κ1) is 24.2. The Balaban J connectivity index is 4.17. The Hall–Kier alpha value is -0.770. The molecule has 0 saturated heterocycles. The molecule has 0 heterocycles. The van der Waals surface area contributed by atoms with Crippen molar-refractivity contribution in [3.8, 4) is 0 Å². The van der Waals surface area contributed by atoms with Crippen LogP contribution < -0.4 is 5.32 Å². The molecule has 0 rings (SSSR count). The zero-order valence-corrected chi connectivity index (χ0v) is 15.5. The number of aliphatic hydroxyl groups is 5. The summed E-state index contributed by atoms with van der Waals surface area (Å²) in [4.78, 5) is 14.2. The molecular weight excluding hydrogens is 328 g/mol. The first-order chi connectivity index (χ1) is 11.9. The number of aliphatic hydroxyl groups excluding tert-OH is 5. The highest BCUT2D eigenvalue weighted by Gasteiger charge is 2.33. The third-order valence-corrected chi connectivity index (χ3v) is 4.13. The van der Waals surface area contributed by atoms with Gasteiger partial charge < -0.3 is 35.7 Å². The number of hydrogen-bond acceptors (Lipinski definition) is 7. The van der Waals surface area contributed by atoms with Crippen LogP contribution >= 0.6 is 0 Å². The molecule has 8 heteroatoms. The fourth-order valence-corrected chi connectivity index (χ4v) is 2.40. The second-order valence-electron chi connectivity index (χ2n) is 6.37. The van der Waals surface area contributed by atoms with Gasteiger partial charge in [0.2, 0.25) is 0 Å². The molecule has 0 aliphatic carbocycles. The second-order valence-corrected chi connectivity index (χ2v) is 6.37. The Morgan fingerprint density at radius 2 is 1.44 bits per heavy atom. The number of nitrogens with one attached hydrogen (secondary N) is 1. The lowest BCUT2D eigenvalue weighted by Crippen LogP contribution is -2.51. The maximum atomic E-state index is 11.8. The van der Waals surface area contributed by atoms with Crippen molar-refractivity contribution in [2.45, 2.75) is 70.4 Å². The topological polar surface area (TPSA) is 133 Å². The zero-order chi connectivity index (χ0) is 19.2. The fraction of sp³-hybridized carbons (Fsp3) is 0.941. The van der Waals surface area contributed by atoms with Crippen LogP contribution in [0.4, 0.5) is 0 Å². The Labute approximate surface area is 150 Å². The highest BCUT2D eigenvalue weighted by Crippen LogP contribution is 2.05. The number of rotatable bonds is 15. The van der Waals surface area contributed by atoms with Gasteiger partial charge in [-0.1, -0.05) is 26.7 Å². The van der Waals surface area contributed by atoms with Gasteiger partial charge in [-0.2, -0.15) is 0 Å². The van der Waals surface area contributed by atoms with E-state index >= 15 is 0 Å². The third kappa shape index (κ3) is 10.1. The van der Waals surface area contributed by atoms with Crippen LogP contribution in [0.5, 0.6) is 0 Å². The second kappa shape index (κ2) is 14.4. The molecule has 4 atom stereocenters. The minimum absolute atomic E-state index is 0.343. The first-order valence-electron chi connectivity index (χ1n) is 9.22. The minimum Gasteiger partial charge on any atom is -0.394 e. The molecule has 0 aromatic carbocycles. The lowest BCUT2D eigenvalue weighted by Gasteiger charge is -2.25. The molecule has 0 aliphatic heterocycles. The SMILES string of the molecule is CCCCN(CCCC)CCCNC(=O)[C@H](O)[C@@H](O)[C@H](O)[C@H](O)CO. The molecule has 0 saturated carbocycles. The van der Waals surface area contributed by atoms with Gasteiger partial charge in [0.25, 0.3) is 5.91 Å². The van der Waals surface area contributed by atoms with Crippen molar-refractivity contribution in [2.24, 2.45) is 0 Å². The molecule has 0 fully saturated rings. The van der Waals surface area contributed by atoms with Crippen LogP contribution in [-0.4, -0.2) is 93.5 Å². The largest absolute Gasteiger partial charge is 0.394 e. The molecule has 0 aliphatic rings. The summed E-state index contributed by atoms with van der Waals surface area (Å²) in [6, 6.07) is 0. The summed E-state index contributed by atoms with van der Waals surface area (Å²) in [5.74, 6) is -0.814. The van der Waals surface area contributed by atoms with Gasteiger partial charge in [-0.25, -0.2) is 0 Å². The Bertz CT molecular complexity index is 337. The highest BCUT2D eigenvalue weighted by molar-refractivity contribution is 5.81. The average molecular weight is 364 g/mol. The minimum atomic E-state index is -1.87. The molecule has 0 unspecified atom stereocenters. The zero-order valence-electron chi connectivity index (χ0n) is 15.5. The van der Waals surface area contributed by atoms with Gasteiger partial charge in [0.05, 0.1) is 6.61 Å². The summed E-state index contributed by atoms with van der Waals surface area (Å²) >= 11 is 0. The van der Waals surface area contributed by atoms with Gasteiger partial charge >= 0.3 is 0 Å². The van der Waals surface area contributed by atoms with E-state index in [-0.39, 0.29) is 0 Å². The monoisotopic (exact) mass is 364 g/mol. The molecule has 0 aromatic rings. The highest BCUT2D eigenvalue weighted by atomic mass is 16.4. The molecule has 0 bridgehead atoms. The van der Waals surface area contributed by atoms with Crippen LogP contribution in [-0.2, 0) is 4.79 Å². The van der Waals surface area contributed by atoms with Gasteiger partial charge in [-0.3, -0.25) is 4.79 Å². The van der Waals surface area contributed by atoms with E-state index in [1.807, 2.05) is 0 Å². The van der Waals surface area contributed by atoms with E-state index in [1.165, 1.54) is 0 Å². The van der Waals surface area contributed by atoms with Crippen molar-refractivity contribution in [3.63, 3.8) is 0 Å². The maximum Gasteiger partial charge on any atom is 0.251 e. The van der Waals surface area contributed by atoms with Crippen LogP contribution in [0.1, 0.15) is 46.0 Å². The van der Waals surface area contributed by atoms with E-state index in [0.717, 1.165) is 45.3 Å². The van der Waals surface area contributed by atoms with Crippen LogP contribution in [0.3, 0.4) is 0 Å². The van der Waals surface area contributed by atoms with Gasteiger partial charge in [0.1, 0.15) is 18.3 Å². The normalized spacial score (nSPS) is 16.5. The Morgan fingerprint density at radius 1 is 0.920 bits per heavy atom. The van der Waals surface area contributed by atoms with Crippen molar-refractivity contribution in [2.75, 3.05) is 32.8 Å². The summed E-state index contributed by atoms with van der Waals surface area (Å²) in [6.45, 7) is 6.74. The smallest absolute Gasteiger partial charge is 0.251 e. The number of hydrogen-bond donors (Lipinski definition) is 6. The van der Waals surface area contributed by atoms with E-state index in [2.05, 4.69) is 24.1 Å². The molecular formula is C17H36N2O6. The fourth-order valence-electron chi connectivity index (χ4n) is 2.40. The average Bonchev–Trinajstić information content (AvgIpc) is 2.63. The summed E-state index contributed by atoms with van der Waals surface area (Å²) in [7, 11) is 0. The molecule has 25 heavy (non-hydrogen) atoms. The van der Waals surface area contributed by atoms with Crippen LogP contribution in [0.2, 0.25) is 0 Å². The van der Waals surface area contributed by atoms with Crippen molar-refractivity contribution < 1.29 is 30.3 Å². The summed E-state index contributed by atoms with van der Waals surface area (Å²) in [5.41, 5.74) is 0. The van der Waals surface area contributed by atoms with E-state index in [0.29, 0.717) is 13.0 Å². The number of carbonyl (C=O) groups excluding carboxylic acids is 1. The molecule has 150 valence electrons. The predicted octanol–water partition coefficient (Wildman–Crippen LogP) is -1.17. The molecule has 8 nitrogen and oxygen atoms in total. The summed E-state index contributed by atoms with van der Waals surface area (Å²) < 4.78 is 0. The quantitative estimate of drug-likeness (QED) is 0.202. The van der Waals surface area contributed by atoms with Crippen molar-refractivity contribution in [1.29, 1.82) is 0 Å². The Morgan fingerprint density at radius 3 is 1.92 bits per heavy atom. The summed E-state index contributed by atoms with van der Waals surface area (Å²) in [5, 5.41) is 49.3. The number of amides is 1. The predicted molar refractivity (Wildman–Crippen MR) is 95.0 cm³/mol. The summed E-state index contributed by atoms with van der Waals surface area (Å²) in [6.07, 6.45) is -1.92. The third-order valence-electron chi connectivity index (χ3n) is 4.13. The van der Waals surface area contributed by atoms with Gasteiger partial charge in [0, 0.05) is 6.54 Å². The molecule has 0 radical (unpaired) electrons. The molecule has 0 spiro atoms. The Kier molecular flexibility index (Phi) is 14.0. The number of unbranched alkanes of at least 4 members (excludes halogenated alkanes) is 2. The molecule has 0 aromatic heterocycles. The number of carbonyl (C=O) groups is 1. The van der Waals surface area contributed by atoms with Gasteiger partial charge in [-0.05, 0) is 38.9 Å². The molecule has 1 amide bonds. The van der Waals surface area contributed by atoms with E-state index in [4.69, 9.17) is 5.11 Å². The van der Waals surface area contributed by atoms with Crippen molar-refractivity contribution in [1.82, 2.24) is 10.2 Å². The molecule has 6 N–H and O–H groups in total. The lowest BCUT2D eigenvalue weighted by molar-refractivity contribution is -0.148.